The van der Waals surface area contributed by atoms with Crippen molar-refractivity contribution in [3.8, 4) is 0 Å². The van der Waals surface area contributed by atoms with Crippen molar-refractivity contribution in [3.63, 3.8) is 0 Å². The molecule has 0 fully saturated rings. The van der Waals surface area contributed by atoms with E-state index < -0.39 is 4.92 Å². The first-order chi connectivity index (χ1) is 6.19. The Morgan fingerprint density at radius 2 is 2.38 bits per heavy atom. The average Bonchev–Trinajstić information content (AvgIpc) is 2.56. The monoisotopic (exact) mass is 182 g/mol. The first-order valence-electron chi connectivity index (χ1n) is 3.15. The van der Waals surface area contributed by atoms with Crippen molar-refractivity contribution in [2.75, 3.05) is 0 Å². The number of nitro groups is 1. The van der Waals surface area contributed by atoms with E-state index >= 15 is 0 Å². The summed E-state index contributed by atoms with van der Waals surface area (Å²) in [7, 11) is 0. The van der Waals surface area contributed by atoms with E-state index in [9.17, 15) is 20.0 Å². The summed E-state index contributed by atoms with van der Waals surface area (Å²) in [5, 5.41) is 23.9. The van der Waals surface area contributed by atoms with E-state index in [1.165, 1.54) is 0 Å². The van der Waals surface area contributed by atoms with Gasteiger partial charge in [0.25, 0.3) is 0 Å². The smallest absolute Gasteiger partial charge is 0.307 e. The molecule has 0 aliphatic rings. The summed E-state index contributed by atoms with van der Waals surface area (Å²) in [5.74, 6) is 0. The molecule has 0 aromatic carbocycles. The fourth-order valence-electron chi connectivity index (χ4n) is 0.685. The van der Waals surface area contributed by atoms with E-state index in [2.05, 4.69) is 5.10 Å². The lowest BCUT2D eigenvalue weighted by Crippen LogP contribution is -2.03. The van der Waals surface area contributed by atoms with Gasteiger partial charge in [0.15, 0.2) is 6.29 Å². The van der Waals surface area contributed by atoms with Crippen LogP contribution in [0.25, 0.3) is 5.70 Å². The lowest BCUT2D eigenvalue weighted by molar-refractivity contribution is -0.384. The molecule has 0 N–H and O–H groups in total. The minimum absolute atomic E-state index is 0.268. The molecule has 7 heteroatoms. The third kappa shape index (κ3) is 1.70. The predicted molar refractivity (Wildman–Crippen MR) is 39.2 cm³/mol. The number of nitrogens with zero attached hydrogens (tertiary/aromatic N) is 3. The Labute approximate surface area is 72.1 Å². The molecule has 1 aromatic rings. The SMILES string of the molecule is O=CC(=C[O-])n1cc([N+](=O)[O-])cn1. The number of hydrogen-bond acceptors (Lipinski definition) is 5. The van der Waals surface area contributed by atoms with Crippen molar-refractivity contribution in [3.05, 3.63) is 28.8 Å². The van der Waals surface area contributed by atoms with E-state index in [1.54, 1.807) is 0 Å². The molecule has 1 aromatic heterocycles. The van der Waals surface area contributed by atoms with Crippen LogP contribution in [0.4, 0.5) is 5.69 Å². The fourth-order valence-corrected chi connectivity index (χ4v) is 0.685. The first kappa shape index (κ1) is 8.91. The highest BCUT2D eigenvalue weighted by molar-refractivity contribution is 5.97. The largest absolute Gasteiger partial charge is 0.876 e. The summed E-state index contributed by atoms with van der Waals surface area (Å²) in [6.07, 6.45) is 2.47. The Bertz CT molecular complexity index is 368. The summed E-state index contributed by atoms with van der Waals surface area (Å²) in [4.78, 5) is 19.7. The van der Waals surface area contributed by atoms with Gasteiger partial charge in [-0.15, -0.1) is 6.26 Å². The highest BCUT2D eigenvalue weighted by Gasteiger charge is 2.09. The summed E-state index contributed by atoms with van der Waals surface area (Å²) in [6, 6.07) is 0. The van der Waals surface area contributed by atoms with Crippen molar-refractivity contribution in [2.45, 2.75) is 0 Å². The molecule has 0 saturated heterocycles. The molecule has 0 aliphatic heterocycles. The van der Waals surface area contributed by atoms with Crippen LogP contribution in [0.1, 0.15) is 0 Å². The molecule has 1 heterocycles. The van der Waals surface area contributed by atoms with Crippen LogP contribution in [0.3, 0.4) is 0 Å². The van der Waals surface area contributed by atoms with Gasteiger partial charge in [0, 0.05) is 0 Å². The minimum atomic E-state index is -0.670. The van der Waals surface area contributed by atoms with Gasteiger partial charge in [0.2, 0.25) is 0 Å². The van der Waals surface area contributed by atoms with Crippen LogP contribution >= 0.6 is 0 Å². The highest BCUT2D eigenvalue weighted by atomic mass is 16.6. The molecule has 68 valence electrons. The van der Waals surface area contributed by atoms with Crippen molar-refractivity contribution < 1.29 is 14.8 Å². The maximum Gasteiger partial charge on any atom is 0.307 e. The number of hydrogen-bond donors (Lipinski definition) is 0. The van der Waals surface area contributed by atoms with E-state index in [-0.39, 0.29) is 23.9 Å². The molecule has 0 spiro atoms. The standard InChI is InChI=1S/C6H5N3O4/c10-3-6(4-11)8-2-5(1-7-8)9(12)13/h1-4,10H/p-1. The van der Waals surface area contributed by atoms with Gasteiger partial charge in [0.05, 0.1) is 10.6 Å². The zero-order valence-corrected chi connectivity index (χ0v) is 6.28. The Balaban J connectivity index is 3.04. The topological polar surface area (TPSA) is 101 Å². The lowest BCUT2D eigenvalue weighted by atomic mass is 10.5. The molecule has 0 saturated carbocycles. The Kier molecular flexibility index (Phi) is 2.38. The van der Waals surface area contributed by atoms with Gasteiger partial charge in [-0.3, -0.25) is 14.9 Å². The molecule has 7 nitrogen and oxygen atoms in total. The number of carbonyl (C=O) groups excluding carboxylic acids is 1. The summed E-state index contributed by atoms with van der Waals surface area (Å²) >= 11 is 0. The summed E-state index contributed by atoms with van der Waals surface area (Å²) in [6.45, 7) is 0. The van der Waals surface area contributed by atoms with Crippen LogP contribution < -0.4 is 5.11 Å². The molecule has 0 atom stereocenters. The summed E-state index contributed by atoms with van der Waals surface area (Å²) in [5.41, 5.74) is -0.561. The van der Waals surface area contributed by atoms with Gasteiger partial charge in [-0.05, 0) is 0 Å². The maximum absolute atomic E-state index is 10.2. The Morgan fingerprint density at radius 1 is 1.69 bits per heavy atom. The van der Waals surface area contributed by atoms with Crippen LogP contribution in [0, 0.1) is 10.1 Å². The van der Waals surface area contributed by atoms with E-state index in [0.717, 1.165) is 17.1 Å². The normalized spacial score (nSPS) is 11.2. The highest BCUT2D eigenvalue weighted by Crippen LogP contribution is 2.10. The number of rotatable bonds is 3. The average molecular weight is 182 g/mol. The van der Waals surface area contributed by atoms with Gasteiger partial charge in [-0.2, -0.15) is 5.10 Å². The van der Waals surface area contributed by atoms with Crippen LogP contribution in [-0.2, 0) is 4.79 Å². The van der Waals surface area contributed by atoms with Crippen molar-refractivity contribution in [1.29, 1.82) is 0 Å². The molecule has 0 unspecified atom stereocenters. The van der Waals surface area contributed by atoms with Crippen molar-refractivity contribution in [2.24, 2.45) is 0 Å². The van der Waals surface area contributed by atoms with Gasteiger partial charge in [-0.1, -0.05) is 0 Å². The van der Waals surface area contributed by atoms with Crippen molar-refractivity contribution >= 4 is 17.7 Å². The van der Waals surface area contributed by atoms with Gasteiger partial charge in [0.1, 0.15) is 12.4 Å². The van der Waals surface area contributed by atoms with E-state index in [1.807, 2.05) is 0 Å². The van der Waals surface area contributed by atoms with Crippen LogP contribution in [-0.4, -0.2) is 21.0 Å². The van der Waals surface area contributed by atoms with Gasteiger partial charge >= 0.3 is 5.69 Å². The molecule has 0 aliphatic carbocycles. The van der Waals surface area contributed by atoms with Crippen LogP contribution in [0.15, 0.2) is 18.7 Å². The molecule has 1 rings (SSSR count). The molecular weight excluding hydrogens is 178 g/mol. The first-order valence-corrected chi connectivity index (χ1v) is 3.15. The third-order valence-electron chi connectivity index (χ3n) is 1.29. The molecule has 0 amide bonds. The zero-order valence-electron chi connectivity index (χ0n) is 6.28. The fraction of sp³-hybridized carbons (Fsp3) is 0. The minimum Gasteiger partial charge on any atom is -0.876 e. The van der Waals surface area contributed by atoms with Crippen LogP contribution in [0.2, 0.25) is 0 Å². The second-order valence-corrected chi connectivity index (χ2v) is 2.06. The second kappa shape index (κ2) is 3.48. The quantitative estimate of drug-likeness (QED) is 0.199. The van der Waals surface area contributed by atoms with Gasteiger partial charge < -0.3 is 5.11 Å². The molecule has 0 bridgehead atoms. The van der Waals surface area contributed by atoms with Gasteiger partial charge in [-0.25, -0.2) is 4.68 Å². The maximum atomic E-state index is 10.2. The third-order valence-corrected chi connectivity index (χ3v) is 1.29. The van der Waals surface area contributed by atoms with E-state index in [0.29, 0.717) is 0 Å². The number of aromatic nitrogens is 2. The molecule has 0 radical (unpaired) electrons. The second-order valence-electron chi connectivity index (χ2n) is 2.06. The number of carbonyl (C=O) groups is 1. The zero-order chi connectivity index (χ0) is 9.84. The molecule has 13 heavy (non-hydrogen) atoms. The number of aldehydes is 1. The van der Waals surface area contributed by atoms with Crippen molar-refractivity contribution in [1.82, 2.24) is 9.78 Å². The Hall–Kier alpha value is -2.18. The Morgan fingerprint density at radius 3 is 2.77 bits per heavy atom. The summed E-state index contributed by atoms with van der Waals surface area (Å²) < 4.78 is 0.845. The predicted octanol–water partition coefficient (Wildman–Crippen LogP) is -0.851. The number of allylic oxidation sites excluding steroid dienone is 1. The lowest BCUT2D eigenvalue weighted by Gasteiger charge is -1.99. The van der Waals surface area contributed by atoms with Crippen LogP contribution in [0.5, 0.6) is 0 Å². The molecular formula is C6H4N3O4-. The van der Waals surface area contributed by atoms with E-state index in [4.69, 9.17) is 0 Å².